The van der Waals surface area contributed by atoms with Crippen molar-refractivity contribution in [2.45, 2.75) is 51.6 Å². The minimum atomic E-state index is -0.391. The molecule has 0 unspecified atom stereocenters. The maximum Gasteiger partial charge on any atom is 0.122 e. The Bertz CT molecular complexity index is 393. The molecule has 0 aromatic heterocycles. The maximum atomic E-state index is 10.3. The first-order valence-electron chi connectivity index (χ1n) is 6.06. The summed E-state index contributed by atoms with van der Waals surface area (Å²) in [5, 5.41) is 10.9. The number of phenols is 1. The molecule has 0 spiro atoms. The van der Waals surface area contributed by atoms with E-state index in [1.165, 1.54) is 0 Å². The van der Waals surface area contributed by atoms with Crippen LogP contribution >= 0.6 is 11.6 Å². The van der Waals surface area contributed by atoms with Gasteiger partial charge in [0, 0.05) is 16.1 Å². The quantitative estimate of drug-likeness (QED) is 0.787. The Hall–Kier alpha value is -0.770. The highest BCUT2D eigenvalue weighted by molar-refractivity contribution is 6.30. The van der Waals surface area contributed by atoms with E-state index >= 15 is 0 Å². The van der Waals surface area contributed by atoms with E-state index in [4.69, 9.17) is 23.1 Å². The molecule has 0 aliphatic heterocycles. The van der Waals surface area contributed by atoms with Gasteiger partial charge >= 0.3 is 0 Å². The smallest absolute Gasteiger partial charge is 0.122 e. The van der Waals surface area contributed by atoms with Crippen LogP contribution in [0.15, 0.2) is 12.1 Å². The standard InChI is InChI=1S/C14H23ClN2O/c1-13(2,16)7-9-5-11(15)6-10(12(9)18)8-14(3,4)17/h5-6,18H,7-8,16-17H2,1-4H3. The molecule has 3 nitrogen and oxygen atoms in total. The van der Waals surface area contributed by atoms with Crippen LogP contribution in [0.2, 0.25) is 5.02 Å². The number of hydrogen-bond acceptors (Lipinski definition) is 3. The van der Waals surface area contributed by atoms with E-state index in [2.05, 4.69) is 0 Å². The summed E-state index contributed by atoms with van der Waals surface area (Å²) in [5.74, 6) is 0.261. The zero-order valence-electron chi connectivity index (χ0n) is 11.5. The van der Waals surface area contributed by atoms with Crippen LogP contribution in [-0.2, 0) is 12.8 Å². The summed E-state index contributed by atoms with van der Waals surface area (Å²) in [6, 6.07) is 3.52. The Labute approximate surface area is 114 Å². The fraction of sp³-hybridized carbons (Fsp3) is 0.571. The first-order valence-corrected chi connectivity index (χ1v) is 6.44. The fourth-order valence-electron chi connectivity index (χ4n) is 1.97. The monoisotopic (exact) mass is 270 g/mol. The van der Waals surface area contributed by atoms with Crippen molar-refractivity contribution in [2.24, 2.45) is 11.5 Å². The molecule has 0 amide bonds. The van der Waals surface area contributed by atoms with Crippen LogP contribution in [0.4, 0.5) is 0 Å². The average molecular weight is 271 g/mol. The van der Waals surface area contributed by atoms with E-state index in [0.717, 1.165) is 11.1 Å². The molecule has 1 aromatic rings. The van der Waals surface area contributed by atoms with Crippen molar-refractivity contribution < 1.29 is 5.11 Å². The third kappa shape index (κ3) is 4.84. The molecule has 0 aliphatic rings. The first kappa shape index (κ1) is 15.3. The molecular weight excluding hydrogens is 248 g/mol. The second-order valence-corrected chi connectivity index (χ2v) is 6.84. The van der Waals surface area contributed by atoms with Crippen LogP contribution in [-0.4, -0.2) is 16.2 Å². The molecule has 1 aromatic carbocycles. The lowest BCUT2D eigenvalue weighted by atomic mass is 9.90. The summed E-state index contributed by atoms with van der Waals surface area (Å²) >= 11 is 6.09. The van der Waals surface area contributed by atoms with Crippen LogP contribution in [0.1, 0.15) is 38.8 Å². The number of rotatable bonds is 4. The second-order valence-electron chi connectivity index (χ2n) is 6.40. The molecule has 1 rings (SSSR count). The largest absolute Gasteiger partial charge is 0.507 e. The number of halogens is 1. The Morgan fingerprint density at radius 2 is 1.33 bits per heavy atom. The normalized spacial score (nSPS) is 12.8. The summed E-state index contributed by atoms with van der Waals surface area (Å²) in [4.78, 5) is 0. The third-order valence-electron chi connectivity index (χ3n) is 2.52. The van der Waals surface area contributed by atoms with Gasteiger partial charge in [-0.2, -0.15) is 0 Å². The molecule has 0 aliphatic carbocycles. The van der Waals surface area contributed by atoms with Gasteiger partial charge in [0.25, 0.3) is 0 Å². The van der Waals surface area contributed by atoms with Crippen LogP contribution < -0.4 is 11.5 Å². The number of aromatic hydroxyl groups is 1. The molecule has 5 N–H and O–H groups in total. The van der Waals surface area contributed by atoms with Crippen molar-refractivity contribution in [3.05, 3.63) is 28.3 Å². The Morgan fingerprint density at radius 1 is 1.00 bits per heavy atom. The molecule has 0 saturated heterocycles. The zero-order chi connectivity index (χ0) is 14.1. The van der Waals surface area contributed by atoms with Gasteiger partial charge in [-0.1, -0.05) is 11.6 Å². The van der Waals surface area contributed by atoms with Gasteiger partial charge in [-0.05, 0) is 63.8 Å². The summed E-state index contributed by atoms with van der Waals surface area (Å²) in [5.41, 5.74) is 12.7. The van der Waals surface area contributed by atoms with Crippen LogP contribution in [0, 0.1) is 0 Å². The highest BCUT2D eigenvalue weighted by atomic mass is 35.5. The molecule has 0 fully saturated rings. The van der Waals surface area contributed by atoms with Gasteiger partial charge in [-0.3, -0.25) is 0 Å². The minimum absolute atomic E-state index is 0.261. The molecule has 18 heavy (non-hydrogen) atoms. The van der Waals surface area contributed by atoms with E-state index in [-0.39, 0.29) is 5.75 Å². The Morgan fingerprint density at radius 3 is 1.61 bits per heavy atom. The minimum Gasteiger partial charge on any atom is -0.507 e. The van der Waals surface area contributed by atoms with E-state index in [0.29, 0.717) is 17.9 Å². The number of benzene rings is 1. The summed E-state index contributed by atoms with van der Waals surface area (Å²) in [6.45, 7) is 7.67. The molecule has 0 bridgehead atoms. The average Bonchev–Trinajstić information content (AvgIpc) is 2.07. The first-order chi connectivity index (χ1) is 7.98. The third-order valence-corrected chi connectivity index (χ3v) is 2.74. The van der Waals surface area contributed by atoms with Crippen molar-refractivity contribution in [2.75, 3.05) is 0 Å². The van der Waals surface area contributed by atoms with Crippen LogP contribution in [0.5, 0.6) is 5.75 Å². The second kappa shape index (κ2) is 5.08. The van der Waals surface area contributed by atoms with E-state index < -0.39 is 11.1 Å². The van der Waals surface area contributed by atoms with Crippen molar-refractivity contribution in [1.29, 1.82) is 0 Å². The Balaban J connectivity index is 3.14. The van der Waals surface area contributed by atoms with Gasteiger partial charge in [0.2, 0.25) is 0 Å². The van der Waals surface area contributed by atoms with Gasteiger partial charge in [0.05, 0.1) is 0 Å². The van der Waals surface area contributed by atoms with Crippen molar-refractivity contribution in [1.82, 2.24) is 0 Å². The van der Waals surface area contributed by atoms with Gasteiger partial charge in [0.1, 0.15) is 5.75 Å². The highest BCUT2D eigenvalue weighted by Gasteiger charge is 2.20. The molecule has 0 saturated carbocycles. The van der Waals surface area contributed by atoms with Gasteiger partial charge in [-0.15, -0.1) is 0 Å². The van der Waals surface area contributed by atoms with Crippen LogP contribution in [0.3, 0.4) is 0 Å². The molecule has 0 heterocycles. The molecule has 0 radical (unpaired) electrons. The molecule has 0 atom stereocenters. The van der Waals surface area contributed by atoms with Crippen molar-refractivity contribution in [3.63, 3.8) is 0 Å². The molecular formula is C14H23ClN2O. The molecule has 102 valence electrons. The lowest BCUT2D eigenvalue weighted by molar-refractivity contribution is 0.432. The lowest BCUT2D eigenvalue weighted by Crippen LogP contribution is -2.35. The summed E-state index contributed by atoms with van der Waals surface area (Å²) in [6.07, 6.45) is 1.13. The number of nitrogens with two attached hydrogens (primary N) is 2. The SMILES string of the molecule is CC(C)(N)Cc1cc(Cl)cc(CC(C)(C)N)c1O. The number of hydrogen-bond donors (Lipinski definition) is 3. The van der Waals surface area contributed by atoms with E-state index in [9.17, 15) is 5.11 Å². The summed E-state index contributed by atoms with van der Waals surface area (Å²) < 4.78 is 0. The van der Waals surface area contributed by atoms with Gasteiger partial charge < -0.3 is 16.6 Å². The zero-order valence-corrected chi connectivity index (χ0v) is 12.3. The molecule has 4 heteroatoms. The van der Waals surface area contributed by atoms with Gasteiger partial charge in [-0.25, -0.2) is 0 Å². The summed E-state index contributed by atoms with van der Waals surface area (Å²) in [7, 11) is 0. The number of phenolic OH excluding ortho intramolecular Hbond substituents is 1. The Kier molecular flexibility index (Phi) is 4.31. The van der Waals surface area contributed by atoms with Gasteiger partial charge in [0.15, 0.2) is 0 Å². The van der Waals surface area contributed by atoms with Crippen molar-refractivity contribution in [3.8, 4) is 5.75 Å². The van der Waals surface area contributed by atoms with Crippen LogP contribution in [0.25, 0.3) is 0 Å². The topological polar surface area (TPSA) is 72.3 Å². The van der Waals surface area contributed by atoms with Crippen molar-refractivity contribution >= 4 is 11.6 Å². The fourth-order valence-corrected chi connectivity index (χ4v) is 2.23. The van der Waals surface area contributed by atoms with E-state index in [1.54, 1.807) is 12.1 Å². The highest BCUT2D eigenvalue weighted by Crippen LogP contribution is 2.31. The lowest BCUT2D eigenvalue weighted by Gasteiger charge is -2.23. The predicted octanol–water partition coefficient (Wildman–Crippen LogP) is 2.61. The predicted molar refractivity (Wildman–Crippen MR) is 77.1 cm³/mol. The van der Waals surface area contributed by atoms with E-state index in [1.807, 2.05) is 27.7 Å². The maximum absolute atomic E-state index is 10.3.